The lowest BCUT2D eigenvalue weighted by Crippen LogP contribution is -2.13. The molecule has 5 N–H and O–H groups in total. The number of hydrogen-bond donors (Lipinski definition) is 3. The maximum atomic E-state index is 11.7. The van der Waals surface area contributed by atoms with Gasteiger partial charge in [-0.1, -0.05) is 36.4 Å². The molecule has 0 radical (unpaired) electrons. The number of hydrogen-bond acceptors (Lipinski definition) is 3. The molecule has 0 fully saturated rings. The third kappa shape index (κ3) is 6.13. The van der Waals surface area contributed by atoms with Crippen LogP contribution in [0.1, 0.15) is 31.1 Å². The van der Waals surface area contributed by atoms with Crippen LogP contribution in [0.25, 0.3) is 0 Å². The highest BCUT2D eigenvalue weighted by Crippen LogP contribution is 2.08. The molecule has 0 atom stereocenters. The van der Waals surface area contributed by atoms with E-state index in [4.69, 9.17) is 11.5 Å². The molecular weight excluding hydrogens is 342 g/mol. The highest BCUT2D eigenvalue weighted by atomic mass is 16.2. The van der Waals surface area contributed by atoms with E-state index in [0.717, 1.165) is 5.69 Å². The van der Waals surface area contributed by atoms with Crippen molar-refractivity contribution in [2.75, 3.05) is 5.32 Å². The Labute approximate surface area is 156 Å². The second kappa shape index (κ2) is 9.53. The van der Waals surface area contributed by atoms with Gasteiger partial charge in [-0.25, -0.2) is 0 Å². The van der Waals surface area contributed by atoms with Gasteiger partial charge in [-0.15, -0.1) is 0 Å². The molecular formula is C21H19N3O3. The minimum absolute atomic E-state index is 0.0817. The van der Waals surface area contributed by atoms with Crippen LogP contribution < -0.4 is 16.8 Å². The summed E-state index contributed by atoms with van der Waals surface area (Å²) in [6.07, 6.45) is 0. The van der Waals surface area contributed by atoms with E-state index in [1.807, 2.05) is 48.5 Å². The topological polar surface area (TPSA) is 115 Å². The van der Waals surface area contributed by atoms with Crippen LogP contribution in [0.2, 0.25) is 0 Å². The number of primary amides is 2. The number of benzene rings is 3. The van der Waals surface area contributed by atoms with E-state index in [1.54, 1.807) is 12.1 Å². The second-order valence-corrected chi connectivity index (χ2v) is 5.49. The molecule has 27 heavy (non-hydrogen) atoms. The number of carbonyl (C=O) groups is 3. The summed E-state index contributed by atoms with van der Waals surface area (Å²) < 4.78 is 0. The van der Waals surface area contributed by atoms with Gasteiger partial charge in [0.2, 0.25) is 11.8 Å². The SMILES string of the molecule is NC(=O)c1ccc(C(N)=O)cc1.O=C(Nc1ccccc1)c1ccccc1. The molecule has 0 aliphatic heterocycles. The van der Waals surface area contributed by atoms with Gasteiger partial charge in [-0.2, -0.15) is 0 Å². The number of anilines is 1. The normalized spacial score (nSPS) is 9.48. The molecule has 136 valence electrons. The zero-order valence-corrected chi connectivity index (χ0v) is 14.5. The molecule has 3 aromatic rings. The van der Waals surface area contributed by atoms with Crippen molar-refractivity contribution in [3.8, 4) is 0 Å². The maximum absolute atomic E-state index is 11.7. The molecule has 0 saturated heterocycles. The zero-order chi connectivity index (χ0) is 19.6. The first-order valence-corrected chi connectivity index (χ1v) is 8.08. The molecule has 6 nitrogen and oxygen atoms in total. The fourth-order valence-corrected chi connectivity index (χ4v) is 2.11. The summed E-state index contributed by atoms with van der Waals surface area (Å²) in [5, 5.41) is 2.82. The van der Waals surface area contributed by atoms with Gasteiger partial charge >= 0.3 is 0 Å². The third-order valence-electron chi connectivity index (χ3n) is 3.52. The summed E-state index contributed by atoms with van der Waals surface area (Å²) >= 11 is 0. The fourth-order valence-electron chi connectivity index (χ4n) is 2.11. The van der Waals surface area contributed by atoms with Crippen molar-refractivity contribution in [1.29, 1.82) is 0 Å². The second-order valence-electron chi connectivity index (χ2n) is 5.49. The number of nitrogens with two attached hydrogens (primary N) is 2. The van der Waals surface area contributed by atoms with Crippen molar-refractivity contribution in [3.63, 3.8) is 0 Å². The van der Waals surface area contributed by atoms with Gasteiger partial charge < -0.3 is 16.8 Å². The van der Waals surface area contributed by atoms with Gasteiger partial charge in [0.15, 0.2) is 0 Å². The summed E-state index contributed by atoms with van der Waals surface area (Å²) in [4.78, 5) is 32.9. The largest absolute Gasteiger partial charge is 0.366 e. The van der Waals surface area contributed by atoms with E-state index in [1.165, 1.54) is 24.3 Å². The summed E-state index contributed by atoms with van der Waals surface area (Å²) in [6.45, 7) is 0. The molecule has 3 amide bonds. The number of carbonyl (C=O) groups excluding carboxylic acids is 3. The van der Waals surface area contributed by atoms with Gasteiger partial charge in [0, 0.05) is 22.4 Å². The highest BCUT2D eigenvalue weighted by Gasteiger charge is 2.03. The van der Waals surface area contributed by atoms with Crippen LogP contribution >= 0.6 is 0 Å². The van der Waals surface area contributed by atoms with Crippen molar-refractivity contribution < 1.29 is 14.4 Å². The van der Waals surface area contributed by atoms with Gasteiger partial charge in [-0.3, -0.25) is 14.4 Å². The Bertz CT molecular complexity index is 875. The lowest BCUT2D eigenvalue weighted by Gasteiger charge is -2.03. The number of amides is 3. The van der Waals surface area contributed by atoms with Crippen LogP contribution in [0.5, 0.6) is 0 Å². The molecule has 0 spiro atoms. The van der Waals surface area contributed by atoms with E-state index in [9.17, 15) is 14.4 Å². The highest BCUT2D eigenvalue weighted by molar-refractivity contribution is 6.04. The van der Waals surface area contributed by atoms with Crippen LogP contribution in [-0.4, -0.2) is 17.7 Å². The summed E-state index contributed by atoms with van der Waals surface area (Å²) in [6, 6.07) is 24.4. The number of nitrogens with one attached hydrogen (secondary N) is 1. The Morgan fingerprint density at radius 3 is 1.37 bits per heavy atom. The zero-order valence-electron chi connectivity index (χ0n) is 14.5. The lowest BCUT2D eigenvalue weighted by molar-refractivity contribution is 0.0988. The summed E-state index contributed by atoms with van der Waals surface area (Å²) in [5.41, 5.74) is 12.2. The van der Waals surface area contributed by atoms with Crippen molar-refractivity contribution in [2.24, 2.45) is 11.5 Å². The molecule has 0 heterocycles. The quantitative estimate of drug-likeness (QED) is 0.663. The van der Waals surface area contributed by atoms with Crippen LogP contribution in [0.4, 0.5) is 5.69 Å². The Balaban J connectivity index is 0.000000199. The maximum Gasteiger partial charge on any atom is 0.255 e. The standard InChI is InChI=1S/C13H11NO.C8H8N2O2/c15-13(11-7-3-1-4-8-11)14-12-9-5-2-6-10-12;9-7(11)5-1-2-6(4-3-5)8(10)12/h1-10H,(H,14,15);1-4H,(H2,9,11)(H2,10,12). The molecule has 0 aromatic heterocycles. The minimum atomic E-state index is -0.522. The van der Waals surface area contributed by atoms with Crippen LogP contribution in [0, 0.1) is 0 Å². The number of rotatable bonds is 4. The molecule has 0 saturated carbocycles. The Kier molecular flexibility index (Phi) is 6.84. The lowest BCUT2D eigenvalue weighted by atomic mass is 10.1. The molecule has 3 rings (SSSR count). The van der Waals surface area contributed by atoms with E-state index >= 15 is 0 Å². The van der Waals surface area contributed by atoms with Crippen molar-refractivity contribution >= 4 is 23.4 Å². The third-order valence-corrected chi connectivity index (χ3v) is 3.52. The van der Waals surface area contributed by atoms with Crippen LogP contribution in [0.3, 0.4) is 0 Å². The van der Waals surface area contributed by atoms with Crippen molar-refractivity contribution in [3.05, 3.63) is 102 Å². The molecule has 0 aliphatic carbocycles. The Morgan fingerprint density at radius 1 is 0.556 bits per heavy atom. The average Bonchev–Trinajstić information content (AvgIpc) is 2.70. The Hall–Kier alpha value is -3.93. The molecule has 0 aliphatic rings. The molecule has 0 unspecified atom stereocenters. The summed E-state index contributed by atoms with van der Waals surface area (Å²) in [7, 11) is 0. The predicted molar refractivity (Wildman–Crippen MR) is 104 cm³/mol. The Morgan fingerprint density at radius 2 is 0.963 bits per heavy atom. The first kappa shape index (κ1) is 19.4. The fraction of sp³-hybridized carbons (Fsp3) is 0. The van der Waals surface area contributed by atoms with Crippen LogP contribution in [0.15, 0.2) is 84.9 Å². The first-order valence-electron chi connectivity index (χ1n) is 8.08. The van der Waals surface area contributed by atoms with Gasteiger partial charge in [0.25, 0.3) is 5.91 Å². The molecule has 3 aromatic carbocycles. The molecule has 0 bridgehead atoms. The predicted octanol–water partition coefficient (Wildman–Crippen LogP) is 2.82. The smallest absolute Gasteiger partial charge is 0.255 e. The molecule has 6 heteroatoms. The van der Waals surface area contributed by atoms with Gasteiger partial charge in [0.05, 0.1) is 0 Å². The van der Waals surface area contributed by atoms with Crippen molar-refractivity contribution in [1.82, 2.24) is 0 Å². The van der Waals surface area contributed by atoms with Crippen LogP contribution in [-0.2, 0) is 0 Å². The van der Waals surface area contributed by atoms with Crippen molar-refractivity contribution in [2.45, 2.75) is 0 Å². The monoisotopic (exact) mass is 361 g/mol. The van der Waals surface area contributed by atoms with Gasteiger partial charge in [0.1, 0.15) is 0 Å². The number of para-hydroxylation sites is 1. The van der Waals surface area contributed by atoms with E-state index in [2.05, 4.69) is 5.32 Å². The summed E-state index contributed by atoms with van der Waals surface area (Å²) in [5.74, 6) is -1.13. The van der Waals surface area contributed by atoms with Gasteiger partial charge in [-0.05, 0) is 48.5 Å². The van der Waals surface area contributed by atoms with E-state index < -0.39 is 11.8 Å². The average molecular weight is 361 g/mol. The van der Waals surface area contributed by atoms with E-state index in [0.29, 0.717) is 16.7 Å². The first-order chi connectivity index (χ1) is 13.0. The minimum Gasteiger partial charge on any atom is -0.366 e. The van der Waals surface area contributed by atoms with E-state index in [-0.39, 0.29) is 5.91 Å².